The number of hydrogen-bond donors (Lipinski definition) is 1. The van der Waals surface area contributed by atoms with Crippen LogP contribution in [-0.4, -0.2) is 21.5 Å². The summed E-state index contributed by atoms with van der Waals surface area (Å²) in [6.07, 6.45) is 2.37. The van der Waals surface area contributed by atoms with Gasteiger partial charge in [-0.05, 0) is 18.5 Å². The van der Waals surface area contributed by atoms with E-state index < -0.39 is 0 Å². The van der Waals surface area contributed by atoms with Gasteiger partial charge in [-0.2, -0.15) is 15.0 Å². The second-order valence-corrected chi connectivity index (χ2v) is 5.91. The van der Waals surface area contributed by atoms with Crippen molar-refractivity contribution >= 4 is 0 Å². The van der Waals surface area contributed by atoms with E-state index in [9.17, 15) is 0 Å². The number of unbranched alkanes of at least 4 members (excludes halogenated alkanes) is 1. The molecule has 1 heterocycles. The highest BCUT2D eigenvalue weighted by Crippen LogP contribution is 2.20. The third-order valence-electron chi connectivity index (χ3n) is 3.94. The molecule has 3 aromatic rings. The molecule has 4 nitrogen and oxygen atoms in total. The van der Waals surface area contributed by atoms with Crippen molar-refractivity contribution in [1.82, 2.24) is 20.3 Å². The van der Waals surface area contributed by atoms with E-state index in [2.05, 4.69) is 36.5 Å². The number of rotatable bonds is 8. The largest absolute Gasteiger partial charge is 0.311 e. The molecule has 2 aromatic carbocycles. The van der Waals surface area contributed by atoms with Crippen molar-refractivity contribution in [3.63, 3.8) is 0 Å². The summed E-state index contributed by atoms with van der Waals surface area (Å²) in [5, 5.41) is 12.9. The van der Waals surface area contributed by atoms with Gasteiger partial charge in [-0.25, -0.2) is 0 Å². The van der Waals surface area contributed by atoms with E-state index in [0.717, 1.165) is 30.0 Å². The molecule has 0 aliphatic rings. The fraction of sp³-hybridized carbons (Fsp3) is 0.300. The lowest BCUT2D eigenvalue weighted by Crippen LogP contribution is -2.15. The maximum atomic E-state index is 4.74. The minimum atomic E-state index is 0.690. The van der Waals surface area contributed by atoms with Crippen LogP contribution in [0, 0.1) is 0 Å². The van der Waals surface area contributed by atoms with Crippen molar-refractivity contribution in [2.45, 2.75) is 32.9 Å². The smallest absolute Gasteiger partial charge is 0.117 e. The predicted octanol–water partition coefficient (Wildman–Crippen LogP) is 3.88. The average molecular weight is 320 g/mol. The van der Waals surface area contributed by atoms with Gasteiger partial charge in [-0.15, -0.1) is 0 Å². The van der Waals surface area contributed by atoms with E-state index in [4.69, 9.17) is 10.2 Å². The third-order valence-corrected chi connectivity index (χ3v) is 3.94. The molecule has 0 unspecified atom stereocenters. The number of benzene rings is 2. The zero-order valence-corrected chi connectivity index (χ0v) is 14.2. The van der Waals surface area contributed by atoms with Gasteiger partial charge in [0.15, 0.2) is 0 Å². The van der Waals surface area contributed by atoms with Gasteiger partial charge in [-0.3, -0.25) is 0 Å². The van der Waals surface area contributed by atoms with E-state index in [-0.39, 0.29) is 0 Å². The lowest BCUT2D eigenvalue weighted by molar-refractivity contribution is 0.573. The van der Waals surface area contributed by atoms with Gasteiger partial charge in [-0.1, -0.05) is 74.0 Å². The van der Waals surface area contributed by atoms with Gasteiger partial charge >= 0.3 is 0 Å². The first kappa shape index (κ1) is 16.4. The van der Waals surface area contributed by atoms with E-state index in [1.54, 1.807) is 4.80 Å². The van der Waals surface area contributed by atoms with Gasteiger partial charge in [0.05, 0.1) is 6.54 Å². The van der Waals surface area contributed by atoms with E-state index in [1.165, 1.54) is 18.4 Å². The van der Waals surface area contributed by atoms with Crippen LogP contribution in [0.1, 0.15) is 31.0 Å². The molecule has 0 saturated carbocycles. The molecule has 4 heteroatoms. The van der Waals surface area contributed by atoms with Crippen molar-refractivity contribution in [3.8, 4) is 11.3 Å². The van der Waals surface area contributed by atoms with Crippen LogP contribution in [-0.2, 0) is 13.1 Å². The van der Waals surface area contributed by atoms with Crippen LogP contribution < -0.4 is 5.32 Å². The molecule has 0 spiro atoms. The Morgan fingerprint density at radius 1 is 0.917 bits per heavy atom. The van der Waals surface area contributed by atoms with Crippen LogP contribution in [0.3, 0.4) is 0 Å². The van der Waals surface area contributed by atoms with Crippen LogP contribution in [0.5, 0.6) is 0 Å². The van der Waals surface area contributed by atoms with Gasteiger partial charge < -0.3 is 5.32 Å². The minimum absolute atomic E-state index is 0.690. The zero-order chi connectivity index (χ0) is 16.6. The summed E-state index contributed by atoms with van der Waals surface area (Å²) in [6, 6.07) is 20.6. The minimum Gasteiger partial charge on any atom is -0.311 e. The van der Waals surface area contributed by atoms with Gasteiger partial charge in [0.2, 0.25) is 0 Å². The molecule has 1 N–H and O–H groups in total. The molecule has 0 bridgehead atoms. The van der Waals surface area contributed by atoms with Gasteiger partial charge in [0.1, 0.15) is 11.4 Å². The van der Waals surface area contributed by atoms with Crippen molar-refractivity contribution in [2.24, 2.45) is 0 Å². The Morgan fingerprint density at radius 3 is 2.33 bits per heavy atom. The van der Waals surface area contributed by atoms with Crippen molar-refractivity contribution in [3.05, 3.63) is 71.9 Å². The number of hydrogen-bond acceptors (Lipinski definition) is 3. The molecule has 0 saturated heterocycles. The number of nitrogens with one attached hydrogen (secondary N) is 1. The Hall–Kier alpha value is -2.46. The second kappa shape index (κ2) is 8.41. The number of aromatic nitrogens is 3. The second-order valence-electron chi connectivity index (χ2n) is 5.91. The highest BCUT2D eigenvalue weighted by atomic mass is 15.5. The summed E-state index contributed by atoms with van der Waals surface area (Å²) in [7, 11) is 0. The molecule has 0 atom stereocenters. The van der Waals surface area contributed by atoms with Crippen LogP contribution in [0.4, 0.5) is 0 Å². The van der Waals surface area contributed by atoms with Crippen LogP contribution in [0.15, 0.2) is 60.7 Å². The van der Waals surface area contributed by atoms with Gasteiger partial charge in [0.25, 0.3) is 0 Å². The zero-order valence-electron chi connectivity index (χ0n) is 14.2. The molecule has 3 rings (SSSR count). The van der Waals surface area contributed by atoms with Crippen molar-refractivity contribution in [2.75, 3.05) is 6.54 Å². The SMILES string of the molecule is CCCCNCc1nn(Cc2ccccc2)nc1-c1ccccc1. The molecule has 24 heavy (non-hydrogen) atoms. The van der Waals surface area contributed by atoms with Crippen LogP contribution in [0.25, 0.3) is 11.3 Å². The monoisotopic (exact) mass is 320 g/mol. The predicted molar refractivity (Wildman–Crippen MR) is 97.6 cm³/mol. The molecule has 0 aliphatic heterocycles. The molecule has 0 fully saturated rings. The summed E-state index contributed by atoms with van der Waals surface area (Å²) in [5.74, 6) is 0. The maximum Gasteiger partial charge on any atom is 0.117 e. The summed E-state index contributed by atoms with van der Waals surface area (Å²) < 4.78 is 0. The van der Waals surface area contributed by atoms with E-state index >= 15 is 0 Å². The quantitative estimate of drug-likeness (QED) is 0.640. The fourth-order valence-electron chi connectivity index (χ4n) is 2.65. The molecule has 0 amide bonds. The Labute approximate surface area is 143 Å². The first-order valence-electron chi connectivity index (χ1n) is 8.61. The molecule has 1 aromatic heterocycles. The Bertz CT molecular complexity index is 735. The molecule has 124 valence electrons. The summed E-state index contributed by atoms with van der Waals surface area (Å²) >= 11 is 0. The summed E-state index contributed by atoms with van der Waals surface area (Å²) in [5.41, 5.74) is 4.30. The van der Waals surface area contributed by atoms with Crippen molar-refractivity contribution < 1.29 is 0 Å². The topological polar surface area (TPSA) is 42.7 Å². The van der Waals surface area contributed by atoms with Crippen LogP contribution in [0.2, 0.25) is 0 Å². The van der Waals surface area contributed by atoms with Crippen LogP contribution >= 0.6 is 0 Å². The fourth-order valence-corrected chi connectivity index (χ4v) is 2.65. The maximum absolute atomic E-state index is 4.74. The molecular weight excluding hydrogens is 296 g/mol. The third kappa shape index (κ3) is 4.30. The Balaban J connectivity index is 1.82. The summed E-state index contributed by atoms with van der Waals surface area (Å²) in [6.45, 7) is 4.65. The average Bonchev–Trinajstić information content (AvgIpc) is 3.03. The highest BCUT2D eigenvalue weighted by Gasteiger charge is 2.13. The lowest BCUT2D eigenvalue weighted by atomic mass is 10.1. The highest BCUT2D eigenvalue weighted by molar-refractivity contribution is 5.60. The summed E-state index contributed by atoms with van der Waals surface area (Å²) in [4.78, 5) is 1.80. The normalized spacial score (nSPS) is 10.9. The molecule has 0 aliphatic carbocycles. The Kier molecular flexibility index (Phi) is 5.75. The van der Waals surface area contributed by atoms with Crippen molar-refractivity contribution in [1.29, 1.82) is 0 Å². The molecule has 0 radical (unpaired) electrons. The first-order chi connectivity index (χ1) is 11.9. The van der Waals surface area contributed by atoms with Gasteiger partial charge in [0, 0.05) is 12.1 Å². The first-order valence-corrected chi connectivity index (χ1v) is 8.61. The lowest BCUT2D eigenvalue weighted by Gasteiger charge is -2.03. The standard InChI is InChI=1S/C20H24N4/c1-2-3-14-21-15-19-20(18-12-8-5-9-13-18)23-24(22-19)16-17-10-6-4-7-11-17/h4-13,21H,2-3,14-16H2,1H3. The van der Waals surface area contributed by atoms with E-state index in [1.807, 2.05) is 36.4 Å². The van der Waals surface area contributed by atoms with E-state index in [0.29, 0.717) is 6.54 Å². The number of nitrogens with zero attached hydrogens (tertiary/aromatic N) is 3. The Morgan fingerprint density at radius 2 is 1.62 bits per heavy atom. The molecular formula is C20H24N4.